The molecule has 0 aromatic heterocycles. The van der Waals surface area contributed by atoms with Crippen LogP contribution < -0.4 is 10.6 Å². The first-order valence-corrected chi connectivity index (χ1v) is 6.86. The molecule has 98 valence electrons. The number of benzene rings is 1. The van der Waals surface area contributed by atoms with E-state index in [1.807, 2.05) is 12.1 Å². The van der Waals surface area contributed by atoms with Crippen LogP contribution in [0, 0.1) is 0 Å². The van der Waals surface area contributed by atoms with E-state index in [0.29, 0.717) is 24.5 Å². The van der Waals surface area contributed by atoms with E-state index >= 15 is 0 Å². The fourth-order valence-corrected chi connectivity index (χ4v) is 2.63. The third kappa shape index (κ3) is 3.45. The number of hydrogen-bond acceptors (Lipinski definition) is 3. The average molecular weight is 334 g/mol. The van der Waals surface area contributed by atoms with E-state index in [9.17, 15) is 9.90 Å². The Kier molecular flexibility index (Phi) is 4.61. The molecule has 1 saturated heterocycles. The Balaban J connectivity index is 1.89. The van der Waals surface area contributed by atoms with Crippen molar-refractivity contribution in [2.24, 2.45) is 0 Å². The molecule has 0 bridgehead atoms. The Labute approximate surface area is 119 Å². The zero-order valence-corrected chi connectivity index (χ0v) is 12.0. The summed E-state index contributed by atoms with van der Waals surface area (Å²) >= 11 is 9.39. The van der Waals surface area contributed by atoms with Gasteiger partial charge in [-0.25, -0.2) is 0 Å². The minimum Gasteiger partial charge on any atom is -0.392 e. The molecule has 0 unspecified atom stereocenters. The third-order valence-corrected chi connectivity index (χ3v) is 3.74. The van der Waals surface area contributed by atoms with Crippen LogP contribution in [0.15, 0.2) is 22.7 Å². The van der Waals surface area contributed by atoms with Crippen molar-refractivity contribution in [3.63, 3.8) is 0 Å². The second-order valence-corrected chi connectivity index (χ2v) is 5.63. The minimum absolute atomic E-state index is 0.106. The third-order valence-electron chi connectivity index (χ3n) is 2.89. The molecule has 1 aromatic rings. The molecule has 3 N–H and O–H groups in total. The summed E-state index contributed by atoms with van der Waals surface area (Å²) in [6.45, 7) is 0.857. The predicted octanol–water partition coefficient (Wildman–Crippen LogP) is 1.44. The van der Waals surface area contributed by atoms with Crippen LogP contribution in [0.3, 0.4) is 0 Å². The molecular weight excluding hydrogens is 320 g/mol. The van der Waals surface area contributed by atoms with Gasteiger partial charge in [0, 0.05) is 22.6 Å². The number of hydrogen-bond donors (Lipinski definition) is 3. The van der Waals surface area contributed by atoms with Gasteiger partial charge in [0.2, 0.25) is 5.91 Å². The average Bonchev–Trinajstić information content (AvgIpc) is 2.74. The summed E-state index contributed by atoms with van der Waals surface area (Å²) in [5.74, 6) is -0.106. The van der Waals surface area contributed by atoms with Gasteiger partial charge in [-0.15, -0.1) is 0 Å². The Hall–Kier alpha value is -0.620. The molecule has 1 aliphatic heterocycles. The maximum absolute atomic E-state index is 11.8. The lowest BCUT2D eigenvalue weighted by Gasteiger charge is -2.12. The number of aliphatic hydroxyl groups excluding tert-OH is 1. The van der Waals surface area contributed by atoms with Gasteiger partial charge in [-0.3, -0.25) is 4.79 Å². The number of carbonyl (C=O) groups is 1. The Morgan fingerprint density at radius 3 is 3.00 bits per heavy atom. The van der Waals surface area contributed by atoms with Gasteiger partial charge in [0.05, 0.1) is 12.1 Å². The summed E-state index contributed by atoms with van der Waals surface area (Å²) in [5, 5.41) is 15.7. The second kappa shape index (κ2) is 6.02. The molecule has 2 rings (SSSR count). The minimum atomic E-state index is -0.433. The van der Waals surface area contributed by atoms with E-state index in [0.717, 1.165) is 10.0 Å². The lowest BCUT2D eigenvalue weighted by Crippen LogP contribution is -2.40. The smallest absolute Gasteiger partial charge is 0.237 e. The van der Waals surface area contributed by atoms with Crippen molar-refractivity contribution in [1.29, 1.82) is 0 Å². The monoisotopic (exact) mass is 332 g/mol. The molecule has 6 heteroatoms. The topological polar surface area (TPSA) is 61.4 Å². The highest BCUT2D eigenvalue weighted by Gasteiger charge is 2.27. The van der Waals surface area contributed by atoms with Crippen LogP contribution in [-0.2, 0) is 11.3 Å². The standard InChI is InChI=1S/C12H14BrClN2O2/c13-8-2-1-7(10(14)3-8)5-16-12(18)11-4-9(17)6-15-11/h1-3,9,11,15,17H,4-6H2,(H,16,18)/t9-,11+/m0/s1. The van der Waals surface area contributed by atoms with E-state index in [1.54, 1.807) is 6.07 Å². The van der Waals surface area contributed by atoms with Crippen molar-refractivity contribution in [3.8, 4) is 0 Å². The Morgan fingerprint density at radius 1 is 1.61 bits per heavy atom. The predicted molar refractivity (Wildman–Crippen MR) is 73.4 cm³/mol. The first-order valence-electron chi connectivity index (χ1n) is 5.69. The Morgan fingerprint density at radius 2 is 2.39 bits per heavy atom. The molecule has 0 radical (unpaired) electrons. The molecular formula is C12H14BrClN2O2. The van der Waals surface area contributed by atoms with Crippen LogP contribution in [0.1, 0.15) is 12.0 Å². The van der Waals surface area contributed by atoms with Crippen LogP contribution >= 0.6 is 27.5 Å². The zero-order chi connectivity index (χ0) is 13.1. The fraction of sp³-hybridized carbons (Fsp3) is 0.417. The van der Waals surface area contributed by atoms with Crippen molar-refractivity contribution in [2.45, 2.75) is 25.1 Å². The van der Waals surface area contributed by atoms with Gasteiger partial charge < -0.3 is 15.7 Å². The number of aliphatic hydroxyl groups is 1. The zero-order valence-electron chi connectivity index (χ0n) is 9.62. The van der Waals surface area contributed by atoms with Gasteiger partial charge in [0.1, 0.15) is 0 Å². The molecule has 1 aromatic carbocycles. The number of carbonyl (C=O) groups excluding carboxylic acids is 1. The molecule has 1 fully saturated rings. The summed E-state index contributed by atoms with van der Waals surface area (Å²) in [6, 6.07) is 5.23. The van der Waals surface area contributed by atoms with Crippen LogP contribution in [0.5, 0.6) is 0 Å². The summed E-state index contributed by atoms with van der Waals surface area (Å²) in [4.78, 5) is 11.8. The highest BCUT2D eigenvalue weighted by molar-refractivity contribution is 9.10. The summed E-state index contributed by atoms with van der Waals surface area (Å²) in [5.41, 5.74) is 0.867. The van der Waals surface area contributed by atoms with Gasteiger partial charge in [-0.2, -0.15) is 0 Å². The van der Waals surface area contributed by atoms with Gasteiger partial charge >= 0.3 is 0 Å². The summed E-state index contributed by atoms with van der Waals surface area (Å²) in [7, 11) is 0. The van der Waals surface area contributed by atoms with Crippen molar-refractivity contribution in [1.82, 2.24) is 10.6 Å². The summed E-state index contributed by atoms with van der Waals surface area (Å²) < 4.78 is 0.906. The summed E-state index contributed by atoms with van der Waals surface area (Å²) in [6.07, 6.45) is 0.0249. The molecule has 0 spiro atoms. The molecule has 1 amide bonds. The molecule has 1 aliphatic rings. The molecule has 1 heterocycles. The van der Waals surface area contributed by atoms with Crippen LogP contribution in [0.2, 0.25) is 5.02 Å². The van der Waals surface area contributed by atoms with E-state index in [4.69, 9.17) is 11.6 Å². The molecule has 18 heavy (non-hydrogen) atoms. The van der Waals surface area contributed by atoms with E-state index < -0.39 is 6.10 Å². The van der Waals surface area contributed by atoms with Crippen molar-refractivity contribution < 1.29 is 9.90 Å². The number of nitrogens with one attached hydrogen (secondary N) is 2. The van der Waals surface area contributed by atoms with Gasteiger partial charge in [-0.05, 0) is 24.1 Å². The largest absolute Gasteiger partial charge is 0.392 e. The maximum atomic E-state index is 11.8. The van der Waals surface area contributed by atoms with E-state index in [1.165, 1.54) is 0 Å². The second-order valence-electron chi connectivity index (χ2n) is 4.30. The Bertz CT molecular complexity index is 456. The number of amides is 1. The van der Waals surface area contributed by atoms with Crippen LogP contribution in [0.4, 0.5) is 0 Å². The van der Waals surface area contributed by atoms with Crippen molar-refractivity contribution in [3.05, 3.63) is 33.3 Å². The van der Waals surface area contributed by atoms with Crippen molar-refractivity contribution >= 4 is 33.4 Å². The molecule has 2 atom stereocenters. The lowest BCUT2D eigenvalue weighted by molar-refractivity contribution is -0.123. The molecule has 4 nitrogen and oxygen atoms in total. The van der Waals surface area contributed by atoms with Crippen LogP contribution in [0.25, 0.3) is 0 Å². The van der Waals surface area contributed by atoms with Crippen LogP contribution in [-0.4, -0.2) is 29.7 Å². The van der Waals surface area contributed by atoms with Gasteiger partial charge in [0.25, 0.3) is 0 Å². The highest BCUT2D eigenvalue weighted by atomic mass is 79.9. The molecule has 0 saturated carbocycles. The number of halogens is 2. The van der Waals surface area contributed by atoms with E-state index in [2.05, 4.69) is 26.6 Å². The normalized spacial score (nSPS) is 23.1. The first kappa shape index (κ1) is 13.8. The van der Waals surface area contributed by atoms with Gasteiger partial charge in [-0.1, -0.05) is 33.6 Å². The maximum Gasteiger partial charge on any atom is 0.237 e. The van der Waals surface area contributed by atoms with Gasteiger partial charge in [0.15, 0.2) is 0 Å². The highest BCUT2D eigenvalue weighted by Crippen LogP contribution is 2.21. The molecule has 0 aliphatic carbocycles. The fourth-order valence-electron chi connectivity index (χ4n) is 1.89. The quantitative estimate of drug-likeness (QED) is 0.784. The first-order chi connectivity index (χ1) is 8.56. The number of β-amino-alcohol motifs (C(OH)–C–C–N with tert-alkyl or cyclic N) is 1. The lowest BCUT2D eigenvalue weighted by atomic mass is 10.2. The number of rotatable bonds is 3. The van der Waals surface area contributed by atoms with Crippen molar-refractivity contribution in [2.75, 3.05) is 6.54 Å². The van der Waals surface area contributed by atoms with E-state index in [-0.39, 0.29) is 11.9 Å². The SMILES string of the molecule is O=C(NCc1ccc(Br)cc1Cl)[C@H]1C[C@H](O)CN1.